The smallest absolute Gasteiger partial charge is 0.319 e. The summed E-state index contributed by atoms with van der Waals surface area (Å²) in [4.78, 5) is 0. The van der Waals surface area contributed by atoms with Crippen molar-refractivity contribution in [1.29, 1.82) is 0 Å². The molecule has 0 saturated carbocycles. The molecule has 13 heavy (non-hydrogen) atoms. The highest BCUT2D eigenvalue weighted by Crippen LogP contribution is 2.12. The predicted molar refractivity (Wildman–Crippen MR) is 56.4 cm³/mol. The fourth-order valence-electron chi connectivity index (χ4n) is 0.922. The van der Waals surface area contributed by atoms with E-state index in [0.717, 1.165) is 32.2 Å². The van der Waals surface area contributed by atoms with Crippen molar-refractivity contribution in [3.05, 3.63) is 0 Å². The van der Waals surface area contributed by atoms with Crippen LogP contribution >= 0.6 is 10.8 Å². The SMILES string of the molecule is CNCCCCCCSS(=O)(=O)O. The van der Waals surface area contributed by atoms with Crippen molar-refractivity contribution in [2.75, 3.05) is 19.3 Å². The molecule has 0 amide bonds. The van der Waals surface area contributed by atoms with E-state index >= 15 is 0 Å². The Kier molecular flexibility index (Phi) is 7.74. The molecule has 0 fully saturated rings. The molecule has 0 aromatic carbocycles. The molecular formula is C7H17NO3S2. The number of hydrogen-bond acceptors (Lipinski definition) is 4. The molecule has 0 aliphatic carbocycles. The first kappa shape index (κ1) is 13.2. The van der Waals surface area contributed by atoms with Gasteiger partial charge in [-0.15, -0.1) is 0 Å². The molecule has 0 rings (SSSR count). The molecule has 4 nitrogen and oxygen atoms in total. The standard InChI is InChI=1S/C7H17NO3S2/c1-8-6-4-2-3-5-7-12-13(9,10)11/h8H,2-7H2,1H3,(H,9,10,11). The van der Waals surface area contributed by atoms with Crippen LogP contribution in [0.2, 0.25) is 0 Å². The average Bonchev–Trinajstić information content (AvgIpc) is 2.01. The maximum absolute atomic E-state index is 10.3. The molecule has 0 heterocycles. The van der Waals surface area contributed by atoms with Gasteiger partial charge in [-0.3, -0.25) is 4.55 Å². The second kappa shape index (κ2) is 7.61. The van der Waals surface area contributed by atoms with Gasteiger partial charge in [-0.25, -0.2) is 0 Å². The third-order valence-electron chi connectivity index (χ3n) is 1.55. The fraction of sp³-hybridized carbons (Fsp3) is 1.00. The third-order valence-corrected chi connectivity index (χ3v) is 3.70. The highest BCUT2D eigenvalue weighted by atomic mass is 33.1. The topological polar surface area (TPSA) is 66.4 Å². The number of rotatable bonds is 8. The van der Waals surface area contributed by atoms with Gasteiger partial charge in [-0.05, 0) is 37.2 Å². The summed E-state index contributed by atoms with van der Waals surface area (Å²) < 4.78 is 28.9. The van der Waals surface area contributed by atoms with Crippen LogP contribution in [0.3, 0.4) is 0 Å². The molecule has 0 aromatic rings. The van der Waals surface area contributed by atoms with Gasteiger partial charge in [0.1, 0.15) is 0 Å². The van der Waals surface area contributed by atoms with E-state index in [1.165, 1.54) is 0 Å². The van der Waals surface area contributed by atoms with Gasteiger partial charge in [-0.2, -0.15) is 8.42 Å². The molecule has 0 atom stereocenters. The lowest BCUT2D eigenvalue weighted by Gasteiger charge is -1.99. The Morgan fingerprint density at radius 1 is 1.23 bits per heavy atom. The summed E-state index contributed by atoms with van der Waals surface area (Å²) in [5.74, 6) is 0.485. The molecule has 0 bridgehead atoms. The normalized spacial score (nSPS) is 11.8. The summed E-state index contributed by atoms with van der Waals surface area (Å²) in [6.45, 7) is 1.01. The van der Waals surface area contributed by atoms with Crippen LogP contribution in [-0.2, 0) is 9.15 Å². The molecule has 0 aliphatic rings. The van der Waals surface area contributed by atoms with Gasteiger partial charge in [0.2, 0.25) is 0 Å². The van der Waals surface area contributed by atoms with Crippen molar-refractivity contribution in [2.45, 2.75) is 25.7 Å². The van der Waals surface area contributed by atoms with Crippen LogP contribution in [0, 0.1) is 0 Å². The molecule has 0 saturated heterocycles. The Bertz CT molecular complexity index is 204. The minimum atomic E-state index is -3.82. The summed E-state index contributed by atoms with van der Waals surface area (Å²) in [6, 6.07) is 0. The molecule has 0 aliphatic heterocycles. The van der Waals surface area contributed by atoms with Gasteiger partial charge in [0.15, 0.2) is 0 Å². The summed E-state index contributed by atoms with van der Waals surface area (Å²) in [7, 11) is -1.30. The minimum absolute atomic E-state index is 0.485. The van der Waals surface area contributed by atoms with Crippen LogP contribution in [0.4, 0.5) is 0 Å². The summed E-state index contributed by atoms with van der Waals surface area (Å²) in [5, 5.41) is 3.04. The molecule has 0 aromatic heterocycles. The maximum atomic E-state index is 10.3. The first-order valence-electron chi connectivity index (χ1n) is 4.32. The predicted octanol–water partition coefficient (Wildman–Crippen LogP) is 1.30. The third kappa shape index (κ3) is 12.2. The van der Waals surface area contributed by atoms with Gasteiger partial charge in [-0.1, -0.05) is 12.8 Å². The molecule has 0 unspecified atom stereocenters. The Morgan fingerprint density at radius 2 is 1.85 bits per heavy atom. The zero-order valence-corrected chi connectivity index (χ0v) is 9.46. The van der Waals surface area contributed by atoms with E-state index in [0.29, 0.717) is 16.5 Å². The first-order valence-corrected chi connectivity index (χ1v) is 7.27. The van der Waals surface area contributed by atoms with Crippen molar-refractivity contribution in [3.8, 4) is 0 Å². The molecular weight excluding hydrogens is 210 g/mol. The second-order valence-electron chi connectivity index (χ2n) is 2.77. The van der Waals surface area contributed by atoms with Crippen molar-refractivity contribution < 1.29 is 13.0 Å². The monoisotopic (exact) mass is 227 g/mol. The Morgan fingerprint density at radius 3 is 2.38 bits per heavy atom. The minimum Gasteiger partial charge on any atom is -0.320 e. The number of nitrogens with one attached hydrogen (secondary N) is 1. The van der Waals surface area contributed by atoms with Crippen LogP contribution in [-0.4, -0.2) is 32.3 Å². The summed E-state index contributed by atoms with van der Waals surface area (Å²) in [5.41, 5.74) is 0. The summed E-state index contributed by atoms with van der Waals surface area (Å²) in [6.07, 6.45) is 4.08. The molecule has 6 heteroatoms. The fourth-order valence-corrected chi connectivity index (χ4v) is 2.44. The van der Waals surface area contributed by atoms with Crippen LogP contribution in [0.1, 0.15) is 25.7 Å². The van der Waals surface area contributed by atoms with E-state index in [9.17, 15) is 8.42 Å². The lowest BCUT2D eigenvalue weighted by molar-refractivity contribution is 0.503. The quantitative estimate of drug-likeness (QED) is 0.372. The van der Waals surface area contributed by atoms with E-state index in [4.69, 9.17) is 4.55 Å². The Balaban J connectivity index is 3.09. The van der Waals surface area contributed by atoms with E-state index in [1.54, 1.807) is 0 Å². The zero-order valence-electron chi connectivity index (χ0n) is 7.82. The van der Waals surface area contributed by atoms with Gasteiger partial charge in [0, 0.05) is 5.75 Å². The highest BCUT2D eigenvalue weighted by Gasteiger charge is 2.03. The zero-order chi connectivity index (χ0) is 10.2. The number of unbranched alkanes of at least 4 members (excludes halogenated alkanes) is 3. The Labute approximate surface area is 83.6 Å². The van der Waals surface area contributed by atoms with E-state index < -0.39 is 9.15 Å². The van der Waals surface area contributed by atoms with Crippen molar-refractivity contribution >= 4 is 19.9 Å². The highest BCUT2D eigenvalue weighted by molar-refractivity contribution is 8.69. The molecule has 0 spiro atoms. The van der Waals surface area contributed by atoms with Gasteiger partial charge in [0.05, 0.1) is 0 Å². The lowest BCUT2D eigenvalue weighted by Crippen LogP contribution is -2.06. The van der Waals surface area contributed by atoms with Crippen molar-refractivity contribution in [3.63, 3.8) is 0 Å². The maximum Gasteiger partial charge on any atom is 0.319 e. The first-order chi connectivity index (χ1) is 6.06. The van der Waals surface area contributed by atoms with Gasteiger partial charge < -0.3 is 5.32 Å². The molecule has 80 valence electrons. The Hall–Kier alpha value is 0.220. The largest absolute Gasteiger partial charge is 0.320 e. The van der Waals surface area contributed by atoms with Gasteiger partial charge >= 0.3 is 9.15 Å². The van der Waals surface area contributed by atoms with E-state index in [-0.39, 0.29) is 0 Å². The molecule has 2 N–H and O–H groups in total. The summed E-state index contributed by atoms with van der Waals surface area (Å²) >= 11 is 0. The van der Waals surface area contributed by atoms with Crippen molar-refractivity contribution in [1.82, 2.24) is 5.32 Å². The average molecular weight is 227 g/mol. The second-order valence-corrected chi connectivity index (χ2v) is 6.24. The van der Waals surface area contributed by atoms with Crippen LogP contribution in [0.5, 0.6) is 0 Å². The molecule has 0 radical (unpaired) electrons. The van der Waals surface area contributed by atoms with Crippen molar-refractivity contribution in [2.24, 2.45) is 0 Å². The van der Waals surface area contributed by atoms with E-state index in [2.05, 4.69) is 5.32 Å². The van der Waals surface area contributed by atoms with Crippen LogP contribution in [0.15, 0.2) is 0 Å². The number of hydrogen-bond donors (Lipinski definition) is 2. The van der Waals surface area contributed by atoms with E-state index in [1.807, 2.05) is 7.05 Å². The lowest BCUT2D eigenvalue weighted by atomic mass is 10.2. The van der Waals surface area contributed by atoms with Gasteiger partial charge in [0.25, 0.3) is 0 Å². The van der Waals surface area contributed by atoms with Crippen LogP contribution in [0.25, 0.3) is 0 Å². The van der Waals surface area contributed by atoms with Crippen LogP contribution < -0.4 is 5.32 Å².